The number of hydrogen-bond acceptors (Lipinski definition) is 4. The van der Waals surface area contributed by atoms with Gasteiger partial charge in [-0.2, -0.15) is 26.3 Å². The lowest BCUT2D eigenvalue weighted by Gasteiger charge is -2.22. The molecule has 1 atom stereocenters. The topological polar surface area (TPSA) is 40.0 Å². The molecule has 1 aromatic carbocycles. The molecule has 1 N–H and O–H groups in total. The molecule has 4 nitrogen and oxygen atoms in total. The average molecular weight is 487 g/mol. The summed E-state index contributed by atoms with van der Waals surface area (Å²) >= 11 is 0. The van der Waals surface area contributed by atoms with Crippen LogP contribution < -0.4 is 5.43 Å². The van der Waals surface area contributed by atoms with E-state index in [0.29, 0.717) is 25.0 Å². The Morgan fingerprint density at radius 3 is 2.21 bits per heavy atom. The van der Waals surface area contributed by atoms with E-state index in [4.69, 9.17) is 0 Å². The first-order chi connectivity index (χ1) is 16.0. The first kappa shape index (κ1) is 26.0. The van der Waals surface area contributed by atoms with E-state index < -0.39 is 23.5 Å². The molecule has 1 unspecified atom stereocenters. The number of benzene rings is 1. The highest BCUT2D eigenvalue weighted by atomic mass is 19.4. The Bertz CT molecular complexity index is 906. The minimum Gasteiger partial charge on any atom is -0.319 e. The van der Waals surface area contributed by atoms with Gasteiger partial charge in [0, 0.05) is 37.1 Å². The van der Waals surface area contributed by atoms with Crippen molar-refractivity contribution in [3.63, 3.8) is 0 Å². The van der Waals surface area contributed by atoms with Crippen LogP contribution in [0, 0.1) is 5.92 Å². The fraction of sp³-hybridized carbons (Fsp3) is 0.500. The second kappa shape index (κ2) is 11.2. The van der Waals surface area contributed by atoms with Crippen LogP contribution in [0.2, 0.25) is 0 Å². The Kier molecular flexibility index (Phi) is 8.57. The highest BCUT2D eigenvalue weighted by Crippen LogP contribution is 2.36. The maximum atomic E-state index is 13.1. The van der Waals surface area contributed by atoms with Crippen LogP contribution in [0.15, 0.2) is 52.6 Å². The number of hydrazine groups is 1. The molecule has 0 aromatic heterocycles. The van der Waals surface area contributed by atoms with Crippen LogP contribution in [0.3, 0.4) is 0 Å². The van der Waals surface area contributed by atoms with Gasteiger partial charge in [-0.25, -0.2) is 10.0 Å². The maximum absolute atomic E-state index is 13.1. The Balaban J connectivity index is 1.64. The van der Waals surface area contributed by atoms with Crippen LogP contribution in [0.5, 0.6) is 0 Å². The third-order valence-corrected chi connectivity index (χ3v) is 5.68. The van der Waals surface area contributed by atoms with Gasteiger partial charge in [0.15, 0.2) is 5.84 Å². The summed E-state index contributed by atoms with van der Waals surface area (Å²) in [6, 6.07) is 1.42. The monoisotopic (exact) mass is 486 g/mol. The molecule has 1 fully saturated rings. The quantitative estimate of drug-likeness (QED) is 0.373. The average Bonchev–Trinajstić information content (AvgIpc) is 3.15. The van der Waals surface area contributed by atoms with E-state index in [2.05, 4.69) is 27.0 Å². The first-order valence-electron chi connectivity index (χ1n) is 11.3. The van der Waals surface area contributed by atoms with Crippen molar-refractivity contribution in [2.45, 2.75) is 50.9 Å². The Hall–Kier alpha value is -2.62. The molecule has 1 aromatic rings. The largest absolute Gasteiger partial charge is 0.416 e. The van der Waals surface area contributed by atoms with Gasteiger partial charge in [-0.1, -0.05) is 25.5 Å². The zero-order valence-electron chi connectivity index (χ0n) is 18.7. The summed E-state index contributed by atoms with van der Waals surface area (Å²) in [5.74, 6) is -0.174. The highest BCUT2D eigenvalue weighted by Gasteiger charge is 2.37. The van der Waals surface area contributed by atoms with Gasteiger partial charge in [-0.3, -0.25) is 4.99 Å². The van der Waals surface area contributed by atoms with E-state index in [1.54, 1.807) is 6.21 Å². The summed E-state index contributed by atoms with van der Waals surface area (Å²) in [6.45, 7) is 6.19. The molecule has 2 aliphatic heterocycles. The van der Waals surface area contributed by atoms with Gasteiger partial charge in [0.1, 0.15) is 0 Å². The predicted octanol–water partition coefficient (Wildman–Crippen LogP) is 6.40. The summed E-state index contributed by atoms with van der Waals surface area (Å²) in [7, 11) is 0. The first-order valence-corrected chi connectivity index (χ1v) is 11.3. The zero-order chi connectivity index (χ0) is 24.8. The van der Waals surface area contributed by atoms with Crippen LogP contribution >= 0.6 is 0 Å². The van der Waals surface area contributed by atoms with Gasteiger partial charge >= 0.3 is 12.4 Å². The van der Waals surface area contributed by atoms with E-state index in [1.165, 1.54) is 12.8 Å². The molecule has 186 valence electrons. The molecule has 0 saturated carbocycles. The smallest absolute Gasteiger partial charge is 0.319 e. The molecule has 2 heterocycles. The van der Waals surface area contributed by atoms with Crippen LogP contribution in [0.1, 0.15) is 55.2 Å². The van der Waals surface area contributed by atoms with Gasteiger partial charge in [-0.15, -0.1) is 0 Å². The molecule has 3 rings (SSSR count). The SMILES string of the molecule is C=C(/C=C\CC1C=NC(c2cc(C(F)(F)F)cc(C(F)(F)F)c2)=NCC1)NN1CCCCCC1. The number of hydrogen-bond donors (Lipinski definition) is 1. The summed E-state index contributed by atoms with van der Waals surface area (Å²) in [5.41, 5.74) is 0.980. The number of nitrogens with one attached hydrogen (secondary N) is 1. The summed E-state index contributed by atoms with van der Waals surface area (Å²) in [4.78, 5) is 8.28. The molecule has 0 radical (unpaired) electrons. The Morgan fingerprint density at radius 1 is 1.00 bits per heavy atom. The van der Waals surface area contributed by atoms with Gasteiger partial charge in [0.2, 0.25) is 0 Å². The number of nitrogens with zero attached hydrogens (tertiary/aromatic N) is 3. The van der Waals surface area contributed by atoms with Gasteiger partial charge in [0.05, 0.1) is 11.1 Å². The highest BCUT2D eigenvalue weighted by molar-refractivity contribution is 6.03. The predicted molar refractivity (Wildman–Crippen MR) is 121 cm³/mol. The van der Waals surface area contributed by atoms with Gasteiger partial charge in [-0.05, 0) is 55.9 Å². The number of rotatable bonds is 6. The lowest BCUT2D eigenvalue weighted by Crippen LogP contribution is -2.37. The molecule has 34 heavy (non-hydrogen) atoms. The maximum Gasteiger partial charge on any atom is 0.416 e. The van der Waals surface area contributed by atoms with Gasteiger partial charge in [0.25, 0.3) is 0 Å². The van der Waals surface area contributed by atoms with Crippen molar-refractivity contribution in [3.05, 3.63) is 59.3 Å². The molecular weight excluding hydrogens is 458 g/mol. The van der Waals surface area contributed by atoms with Crippen molar-refractivity contribution in [2.24, 2.45) is 15.9 Å². The molecule has 1 saturated heterocycles. The van der Waals surface area contributed by atoms with Crippen molar-refractivity contribution >= 4 is 12.1 Å². The second-order valence-corrected chi connectivity index (χ2v) is 8.50. The number of alkyl halides is 6. The van der Waals surface area contributed by atoms with Crippen molar-refractivity contribution in [2.75, 3.05) is 19.6 Å². The van der Waals surface area contributed by atoms with Crippen LogP contribution in [0.25, 0.3) is 0 Å². The zero-order valence-corrected chi connectivity index (χ0v) is 18.7. The lowest BCUT2D eigenvalue weighted by atomic mass is 10.0. The molecule has 0 bridgehead atoms. The molecule has 2 aliphatic rings. The minimum absolute atomic E-state index is 0.0450. The Morgan fingerprint density at radius 2 is 1.62 bits per heavy atom. The molecular formula is C24H28F6N4. The van der Waals surface area contributed by atoms with Crippen molar-refractivity contribution in [1.82, 2.24) is 10.4 Å². The summed E-state index contributed by atoms with van der Waals surface area (Å²) in [5, 5.41) is 2.15. The van der Waals surface area contributed by atoms with E-state index in [9.17, 15) is 26.3 Å². The number of allylic oxidation sites excluding steroid dienone is 2. The fourth-order valence-corrected chi connectivity index (χ4v) is 3.86. The molecule has 0 spiro atoms. The third kappa shape index (κ3) is 7.72. The van der Waals surface area contributed by atoms with Crippen molar-refractivity contribution in [3.8, 4) is 0 Å². The second-order valence-electron chi connectivity index (χ2n) is 8.50. The molecule has 0 amide bonds. The van der Waals surface area contributed by atoms with Crippen LogP contribution in [0.4, 0.5) is 26.3 Å². The number of aliphatic imine (C=N–C) groups is 2. The van der Waals surface area contributed by atoms with E-state index in [-0.39, 0.29) is 29.9 Å². The van der Waals surface area contributed by atoms with E-state index in [0.717, 1.165) is 31.6 Å². The van der Waals surface area contributed by atoms with E-state index >= 15 is 0 Å². The fourth-order valence-electron chi connectivity index (χ4n) is 3.86. The van der Waals surface area contributed by atoms with Crippen molar-refractivity contribution in [1.29, 1.82) is 0 Å². The van der Waals surface area contributed by atoms with Gasteiger partial charge < -0.3 is 5.43 Å². The van der Waals surface area contributed by atoms with Crippen LogP contribution in [-0.4, -0.2) is 36.7 Å². The molecule has 10 heteroatoms. The third-order valence-electron chi connectivity index (χ3n) is 5.68. The standard InChI is InChI=1S/C24H28F6N4/c1-17(33-34-11-4-2-3-5-12-34)7-6-8-18-9-10-31-22(32-16-18)19-13-20(23(25,26)27)15-21(14-19)24(28,29)30/h6-7,13-16,18,33H,1-5,8-12H2/b7-6-. The summed E-state index contributed by atoms with van der Waals surface area (Å²) < 4.78 is 78.9. The number of amidine groups is 1. The normalized spacial score (nSPS) is 20.6. The minimum atomic E-state index is -4.91. The summed E-state index contributed by atoms with van der Waals surface area (Å²) in [6.07, 6.45) is 1.43. The lowest BCUT2D eigenvalue weighted by molar-refractivity contribution is -0.143. The van der Waals surface area contributed by atoms with E-state index in [1.807, 2.05) is 12.2 Å². The van der Waals surface area contributed by atoms with Crippen molar-refractivity contribution < 1.29 is 26.3 Å². The molecule has 0 aliphatic carbocycles. The Labute approximate surface area is 195 Å². The van der Waals surface area contributed by atoms with Crippen LogP contribution in [-0.2, 0) is 12.4 Å². The number of halogens is 6.